The summed E-state index contributed by atoms with van der Waals surface area (Å²) in [5.41, 5.74) is 2.96. The van der Waals surface area contributed by atoms with E-state index in [0.717, 1.165) is 5.56 Å². The molecule has 6 heteroatoms. The van der Waals surface area contributed by atoms with Crippen LogP contribution in [0.2, 0.25) is 0 Å². The fraction of sp³-hybridized carbons (Fsp3) is 0.308. The summed E-state index contributed by atoms with van der Waals surface area (Å²) in [4.78, 5) is 20.4. The van der Waals surface area contributed by atoms with Gasteiger partial charge in [-0.05, 0) is 31.0 Å². The first kappa shape index (κ1) is 13.5. The lowest BCUT2D eigenvalue weighted by molar-refractivity contribution is 0.0605. The van der Waals surface area contributed by atoms with Crippen molar-refractivity contribution in [3.8, 4) is 0 Å². The third-order valence-electron chi connectivity index (χ3n) is 2.74. The predicted octanol–water partition coefficient (Wildman–Crippen LogP) is 2.55. The minimum absolute atomic E-state index is 0.347. The number of nitrogens with one attached hydrogen (secondary N) is 1. The number of nitrogens with zero attached hydrogens (tertiary/aromatic N) is 2. The fourth-order valence-corrected chi connectivity index (χ4v) is 2.49. The summed E-state index contributed by atoms with van der Waals surface area (Å²) < 4.78 is 4.71. The highest BCUT2D eigenvalue weighted by atomic mass is 32.1. The number of aryl methyl sites for hydroxylation is 2. The van der Waals surface area contributed by atoms with Gasteiger partial charge < -0.3 is 10.1 Å². The van der Waals surface area contributed by atoms with Gasteiger partial charge in [-0.1, -0.05) is 11.3 Å². The molecular formula is C13H15N3O2S. The van der Waals surface area contributed by atoms with E-state index in [-0.39, 0.29) is 5.97 Å². The zero-order chi connectivity index (χ0) is 13.8. The van der Waals surface area contributed by atoms with Crippen LogP contribution in [-0.4, -0.2) is 23.0 Å². The van der Waals surface area contributed by atoms with Gasteiger partial charge in [-0.25, -0.2) is 9.78 Å². The lowest BCUT2D eigenvalue weighted by Gasteiger charge is -2.05. The SMILES string of the molecule is COC(=O)c1sc(NCc2cnccc2C)nc1C. The van der Waals surface area contributed by atoms with Gasteiger partial charge in [0.15, 0.2) is 5.13 Å². The van der Waals surface area contributed by atoms with Crippen LogP contribution < -0.4 is 5.32 Å². The number of pyridine rings is 1. The van der Waals surface area contributed by atoms with Crippen LogP contribution in [0.4, 0.5) is 5.13 Å². The second-order valence-corrected chi connectivity index (χ2v) is 5.08. The first-order valence-corrected chi connectivity index (χ1v) is 6.62. The second kappa shape index (κ2) is 5.79. The molecule has 0 aliphatic carbocycles. The molecule has 0 aliphatic rings. The zero-order valence-electron chi connectivity index (χ0n) is 11.1. The third kappa shape index (κ3) is 3.08. The van der Waals surface area contributed by atoms with Gasteiger partial charge in [-0.15, -0.1) is 0 Å². The van der Waals surface area contributed by atoms with Crippen molar-refractivity contribution in [2.24, 2.45) is 0 Å². The number of rotatable bonds is 4. The Morgan fingerprint density at radius 3 is 2.95 bits per heavy atom. The smallest absolute Gasteiger partial charge is 0.350 e. The number of thiazole rings is 1. The average Bonchev–Trinajstić information content (AvgIpc) is 2.78. The molecule has 0 fully saturated rings. The van der Waals surface area contributed by atoms with Crippen molar-refractivity contribution in [3.05, 3.63) is 40.2 Å². The van der Waals surface area contributed by atoms with Crippen LogP contribution in [0.15, 0.2) is 18.5 Å². The highest BCUT2D eigenvalue weighted by Crippen LogP contribution is 2.23. The van der Waals surface area contributed by atoms with Crippen LogP contribution in [0, 0.1) is 13.8 Å². The lowest BCUT2D eigenvalue weighted by atomic mass is 10.2. The highest BCUT2D eigenvalue weighted by molar-refractivity contribution is 7.17. The van der Waals surface area contributed by atoms with E-state index in [9.17, 15) is 4.79 Å². The molecule has 2 aromatic heterocycles. The van der Waals surface area contributed by atoms with Crippen molar-refractivity contribution in [2.75, 3.05) is 12.4 Å². The van der Waals surface area contributed by atoms with E-state index in [1.165, 1.54) is 24.0 Å². The number of ether oxygens (including phenoxy) is 1. The summed E-state index contributed by atoms with van der Waals surface area (Å²) in [6.07, 6.45) is 3.59. The predicted molar refractivity (Wildman–Crippen MR) is 74.5 cm³/mol. The van der Waals surface area contributed by atoms with Crippen molar-refractivity contribution >= 4 is 22.4 Å². The van der Waals surface area contributed by atoms with Crippen LogP contribution in [0.1, 0.15) is 26.5 Å². The molecule has 0 amide bonds. The Labute approximate surface area is 115 Å². The van der Waals surface area contributed by atoms with Crippen LogP contribution in [0.25, 0.3) is 0 Å². The molecule has 0 radical (unpaired) electrons. The minimum atomic E-state index is -0.347. The molecule has 0 aliphatic heterocycles. The van der Waals surface area contributed by atoms with E-state index >= 15 is 0 Å². The summed E-state index contributed by atoms with van der Waals surface area (Å²) in [7, 11) is 1.37. The highest BCUT2D eigenvalue weighted by Gasteiger charge is 2.15. The minimum Gasteiger partial charge on any atom is -0.465 e. The molecule has 0 atom stereocenters. The van der Waals surface area contributed by atoms with E-state index in [0.29, 0.717) is 22.2 Å². The van der Waals surface area contributed by atoms with Gasteiger partial charge in [0.2, 0.25) is 0 Å². The lowest BCUT2D eigenvalue weighted by Crippen LogP contribution is -2.01. The summed E-state index contributed by atoms with van der Waals surface area (Å²) in [6, 6.07) is 1.96. The Bertz CT molecular complexity index is 595. The fourth-order valence-electron chi connectivity index (χ4n) is 1.61. The van der Waals surface area contributed by atoms with E-state index < -0.39 is 0 Å². The van der Waals surface area contributed by atoms with Gasteiger partial charge in [0.05, 0.1) is 12.8 Å². The number of hydrogen-bond donors (Lipinski definition) is 1. The van der Waals surface area contributed by atoms with E-state index in [2.05, 4.69) is 15.3 Å². The Kier molecular flexibility index (Phi) is 4.11. The molecule has 2 heterocycles. The first-order valence-electron chi connectivity index (χ1n) is 5.81. The van der Waals surface area contributed by atoms with E-state index in [4.69, 9.17) is 4.74 Å². The van der Waals surface area contributed by atoms with Gasteiger partial charge in [0.1, 0.15) is 4.88 Å². The van der Waals surface area contributed by atoms with Crippen LogP contribution >= 0.6 is 11.3 Å². The summed E-state index contributed by atoms with van der Waals surface area (Å²) in [5, 5.41) is 3.91. The van der Waals surface area contributed by atoms with Crippen molar-refractivity contribution < 1.29 is 9.53 Å². The maximum Gasteiger partial charge on any atom is 0.350 e. The Morgan fingerprint density at radius 1 is 1.47 bits per heavy atom. The standard InChI is InChI=1S/C13H15N3O2S/c1-8-4-5-14-6-10(8)7-15-13-16-9(2)11(19-13)12(17)18-3/h4-6H,7H2,1-3H3,(H,15,16). The number of aromatic nitrogens is 2. The first-order chi connectivity index (χ1) is 9.11. The van der Waals surface area contributed by atoms with Gasteiger partial charge in [-0.2, -0.15) is 0 Å². The molecule has 0 unspecified atom stereocenters. The molecule has 0 spiro atoms. The summed E-state index contributed by atoms with van der Waals surface area (Å²) in [5.74, 6) is -0.347. The van der Waals surface area contributed by atoms with Gasteiger partial charge >= 0.3 is 5.97 Å². The van der Waals surface area contributed by atoms with Gasteiger partial charge in [0, 0.05) is 18.9 Å². The Morgan fingerprint density at radius 2 is 2.26 bits per heavy atom. The number of methoxy groups -OCH3 is 1. The van der Waals surface area contributed by atoms with Gasteiger partial charge in [-0.3, -0.25) is 4.98 Å². The maximum atomic E-state index is 11.5. The number of carbonyl (C=O) groups is 1. The van der Waals surface area contributed by atoms with E-state index in [1.807, 2.05) is 19.2 Å². The monoisotopic (exact) mass is 277 g/mol. The molecule has 0 saturated heterocycles. The maximum absolute atomic E-state index is 11.5. The molecule has 0 saturated carbocycles. The zero-order valence-corrected chi connectivity index (χ0v) is 11.9. The Hall–Kier alpha value is -1.95. The molecular weight excluding hydrogens is 262 g/mol. The summed E-state index contributed by atoms with van der Waals surface area (Å²) >= 11 is 1.30. The average molecular weight is 277 g/mol. The van der Waals surface area contributed by atoms with Gasteiger partial charge in [0.25, 0.3) is 0 Å². The molecule has 1 N–H and O–H groups in total. The van der Waals surface area contributed by atoms with Crippen LogP contribution in [0.5, 0.6) is 0 Å². The molecule has 0 aromatic carbocycles. The molecule has 19 heavy (non-hydrogen) atoms. The van der Waals surface area contributed by atoms with Crippen molar-refractivity contribution in [2.45, 2.75) is 20.4 Å². The number of esters is 1. The largest absolute Gasteiger partial charge is 0.465 e. The molecule has 100 valence electrons. The number of hydrogen-bond acceptors (Lipinski definition) is 6. The summed E-state index contributed by atoms with van der Waals surface area (Å²) in [6.45, 7) is 4.46. The quantitative estimate of drug-likeness (QED) is 0.870. The normalized spacial score (nSPS) is 10.3. The molecule has 5 nitrogen and oxygen atoms in total. The molecule has 2 rings (SSSR count). The second-order valence-electron chi connectivity index (χ2n) is 4.08. The van der Waals surface area contributed by atoms with Crippen molar-refractivity contribution in [3.63, 3.8) is 0 Å². The van der Waals surface area contributed by atoms with Crippen LogP contribution in [0.3, 0.4) is 0 Å². The molecule has 2 aromatic rings. The molecule has 0 bridgehead atoms. The number of anilines is 1. The third-order valence-corrected chi connectivity index (χ3v) is 3.84. The Balaban J connectivity index is 2.09. The van der Waals surface area contributed by atoms with Crippen molar-refractivity contribution in [1.82, 2.24) is 9.97 Å². The number of carbonyl (C=O) groups excluding carboxylic acids is 1. The van der Waals surface area contributed by atoms with E-state index in [1.54, 1.807) is 13.1 Å². The topological polar surface area (TPSA) is 64.1 Å². The van der Waals surface area contributed by atoms with Crippen molar-refractivity contribution in [1.29, 1.82) is 0 Å². The van der Waals surface area contributed by atoms with Crippen LogP contribution in [-0.2, 0) is 11.3 Å².